The van der Waals surface area contributed by atoms with Crippen LogP contribution in [0.1, 0.15) is 12.6 Å². The van der Waals surface area contributed by atoms with Gasteiger partial charge in [-0.15, -0.1) is 0 Å². The van der Waals surface area contributed by atoms with Crippen LogP contribution in [0, 0.1) is 0 Å². The van der Waals surface area contributed by atoms with E-state index in [9.17, 15) is 0 Å². The molecule has 3 aromatic rings. The van der Waals surface area contributed by atoms with Gasteiger partial charge in [-0.2, -0.15) is 0 Å². The normalized spacial score (nSPS) is 10.8. The highest BCUT2D eigenvalue weighted by Crippen LogP contribution is 2.27. The largest absolute Gasteiger partial charge is 0.490 e. The van der Waals surface area contributed by atoms with Gasteiger partial charge in [0.15, 0.2) is 11.5 Å². The molecule has 124 valence electrons. The minimum atomic E-state index is 0.245. The van der Waals surface area contributed by atoms with Crippen LogP contribution >= 0.6 is 11.6 Å². The Morgan fingerprint density at radius 2 is 1.79 bits per heavy atom. The zero-order valence-corrected chi connectivity index (χ0v) is 14.1. The van der Waals surface area contributed by atoms with Crippen LogP contribution in [0.4, 0.5) is 5.95 Å². The molecular formula is C18H18ClN3O2. The highest BCUT2D eigenvalue weighted by molar-refractivity contribution is 6.31. The maximum Gasteiger partial charge on any atom is 0.220 e. The molecule has 0 saturated heterocycles. The number of halogens is 1. The number of nitrogens with two attached hydrogens (primary N) is 1. The third kappa shape index (κ3) is 3.68. The lowest BCUT2D eigenvalue weighted by molar-refractivity contribution is 0.279. The molecule has 2 N–H and O–H groups in total. The van der Waals surface area contributed by atoms with E-state index in [1.807, 2.05) is 43.3 Å². The number of hydrogen-bond acceptors (Lipinski definition) is 5. The van der Waals surface area contributed by atoms with E-state index in [-0.39, 0.29) is 5.95 Å². The first-order valence-corrected chi connectivity index (χ1v) is 8.11. The van der Waals surface area contributed by atoms with E-state index in [2.05, 4.69) is 9.97 Å². The summed E-state index contributed by atoms with van der Waals surface area (Å²) in [5.74, 6) is 1.69. The van der Waals surface area contributed by atoms with Crippen molar-refractivity contribution in [2.75, 3.05) is 18.9 Å². The minimum Gasteiger partial charge on any atom is -0.490 e. The average Bonchev–Trinajstić information content (AvgIpc) is 2.57. The molecule has 0 amide bonds. The summed E-state index contributed by atoms with van der Waals surface area (Å²) in [7, 11) is 0. The van der Waals surface area contributed by atoms with E-state index in [1.165, 1.54) is 0 Å². The van der Waals surface area contributed by atoms with Crippen LogP contribution in [-0.4, -0.2) is 23.2 Å². The second-order valence-electron chi connectivity index (χ2n) is 5.17. The zero-order chi connectivity index (χ0) is 16.9. The number of nitrogens with zero attached hydrogens (tertiary/aromatic N) is 2. The third-order valence-electron chi connectivity index (χ3n) is 3.50. The van der Waals surface area contributed by atoms with Crippen LogP contribution in [0.25, 0.3) is 10.9 Å². The molecule has 0 fully saturated rings. The van der Waals surface area contributed by atoms with E-state index in [4.69, 9.17) is 26.8 Å². The molecule has 5 nitrogen and oxygen atoms in total. The molecule has 0 atom stereocenters. The van der Waals surface area contributed by atoms with Gasteiger partial charge in [-0.05, 0) is 37.3 Å². The smallest absolute Gasteiger partial charge is 0.220 e. The van der Waals surface area contributed by atoms with Gasteiger partial charge in [0, 0.05) is 16.8 Å². The second kappa shape index (κ2) is 7.36. The summed E-state index contributed by atoms with van der Waals surface area (Å²) in [5.41, 5.74) is 7.38. The van der Waals surface area contributed by atoms with E-state index < -0.39 is 0 Å². The summed E-state index contributed by atoms with van der Waals surface area (Å²) in [6, 6.07) is 13.1. The summed E-state index contributed by atoms with van der Waals surface area (Å²) in [4.78, 5) is 8.56. The van der Waals surface area contributed by atoms with Crippen LogP contribution in [0.3, 0.4) is 0 Å². The molecular weight excluding hydrogens is 326 g/mol. The van der Waals surface area contributed by atoms with Crippen molar-refractivity contribution >= 4 is 28.5 Å². The van der Waals surface area contributed by atoms with Crippen LogP contribution in [0.2, 0.25) is 5.02 Å². The van der Waals surface area contributed by atoms with Gasteiger partial charge in [0.1, 0.15) is 0 Å². The van der Waals surface area contributed by atoms with E-state index in [0.29, 0.717) is 30.4 Å². The Morgan fingerprint density at radius 1 is 1.04 bits per heavy atom. The summed E-state index contributed by atoms with van der Waals surface area (Å²) in [6.07, 6.45) is 0.587. The first-order chi connectivity index (χ1) is 11.7. The summed E-state index contributed by atoms with van der Waals surface area (Å²) < 4.78 is 11.4. The molecule has 0 aliphatic heterocycles. The van der Waals surface area contributed by atoms with Crippen molar-refractivity contribution in [2.24, 2.45) is 0 Å². The summed E-state index contributed by atoms with van der Waals surface area (Å²) in [6.45, 7) is 2.98. The Morgan fingerprint density at radius 3 is 2.54 bits per heavy atom. The Kier molecular flexibility index (Phi) is 5.01. The lowest BCUT2D eigenvalue weighted by Gasteiger charge is -2.12. The van der Waals surface area contributed by atoms with Crippen LogP contribution in [-0.2, 0) is 6.42 Å². The molecule has 0 spiro atoms. The van der Waals surface area contributed by atoms with E-state index >= 15 is 0 Å². The number of para-hydroxylation sites is 2. The lowest BCUT2D eigenvalue weighted by atomic mass is 10.1. The Balaban J connectivity index is 1.78. The third-order valence-corrected chi connectivity index (χ3v) is 3.73. The molecule has 3 rings (SSSR count). The highest BCUT2D eigenvalue weighted by atomic mass is 35.5. The zero-order valence-electron chi connectivity index (χ0n) is 13.3. The van der Waals surface area contributed by atoms with Crippen molar-refractivity contribution in [3.05, 3.63) is 53.2 Å². The first kappa shape index (κ1) is 16.3. The predicted molar refractivity (Wildman–Crippen MR) is 95.8 cm³/mol. The Hall–Kier alpha value is -2.53. The minimum absolute atomic E-state index is 0.245. The van der Waals surface area contributed by atoms with Crippen molar-refractivity contribution in [3.63, 3.8) is 0 Å². The number of hydrogen-bond donors (Lipinski definition) is 1. The summed E-state index contributed by atoms with van der Waals surface area (Å²) in [5, 5.41) is 1.53. The van der Waals surface area contributed by atoms with Crippen molar-refractivity contribution in [1.82, 2.24) is 9.97 Å². The fourth-order valence-electron chi connectivity index (χ4n) is 2.48. The van der Waals surface area contributed by atoms with Gasteiger partial charge in [0.25, 0.3) is 0 Å². The molecule has 2 aromatic carbocycles. The lowest BCUT2D eigenvalue weighted by Crippen LogP contribution is -2.07. The van der Waals surface area contributed by atoms with Gasteiger partial charge >= 0.3 is 0 Å². The fraction of sp³-hybridized carbons (Fsp3) is 0.222. The van der Waals surface area contributed by atoms with Gasteiger partial charge in [0.2, 0.25) is 5.95 Å². The van der Waals surface area contributed by atoms with Gasteiger partial charge in [0.05, 0.1) is 24.4 Å². The number of rotatable bonds is 6. The molecule has 24 heavy (non-hydrogen) atoms. The topological polar surface area (TPSA) is 70.3 Å². The monoisotopic (exact) mass is 343 g/mol. The average molecular weight is 344 g/mol. The van der Waals surface area contributed by atoms with Gasteiger partial charge in [-0.3, -0.25) is 0 Å². The van der Waals surface area contributed by atoms with Gasteiger partial charge in [-0.1, -0.05) is 23.7 Å². The maximum absolute atomic E-state index is 6.08. The van der Waals surface area contributed by atoms with Gasteiger partial charge in [-0.25, -0.2) is 9.97 Å². The number of nitrogen functional groups attached to an aromatic ring is 1. The molecule has 1 aromatic heterocycles. The summed E-state index contributed by atoms with van der Waals surface area (Å²) >= 11 is 6.08. The van der Waals surface area contributed by atoms with Crippen molar-refractivity contribution in [3.8, 4) is 11.5 Å². The first-order valence-electron chi connectivity index (χ1n) is 7.73. The number of anilines is 1. The predicted octanol–water partition coefficient (Wildman–Crippen LogP) is 3.89. The number of ether oxygens (including phenoxy) is 2. The van der Waals surface area contributed by atoms with Crippen molar-refractivity contribution < 1.29 is 9.47 Å². The Labute approximate surface area is 145 Å². The molecule has 0 bridgehead atoms. The molecule has 0 aliphatic rings. The quantitative estimate of drug-likeness (QED) is 0.735. The fourth-order valence-corrected chi connectivity index (χ4v) is 2.65. The molecule has 1 heterocycles. The van der Waals surface area contributed by atoms with Crippen LogP contribution in [0.15, 0.2) is 42.5 Å². The van der Waals surface area contributed by atoms with Gasteiger partial charge < -0.3 is 15.2 Å². The van der Waals surface area contributed by atoms with Crippen LogP contribution in [0.5, 0.6) is 11.5 Å². The second-order valence-corrected chi connectivity index (χ2v) is 5.60. The SMILES string of the molecule is CCOc1ccccc1OCCc1nc(N)nc2ccc(Cl)cc12. The molecule has 0 unspecified atom stereocenters. The molecule has 6 heteroatoms. The molecule has 0 radical (unpaired) electrons. The maximum atomic E-state index is 6.08. The van der Waals surface area contributed by atoms with Crippen LogP contribution < -0.4 is 15.2 Å². The van der Waals surface area contributed by atoms with E-state index in [0.717, 1.165) is 22.3 Å². The Bertz CT molecular complexity index is 855. The standard InChI is InChI=1S/C18H18ClN3O2/c1-2-23-16-5-3-4-6-17(16)24-10-9-15-13-11-12(19)7-8-14(13)21-18(20)22-15/h3-8,11H,2,9-10H2,1H3,(H2,20,21,22). The molecule has 0 saturated carbocycles. The van der Waals surface area contributed by atoms with E-state index in [1.54, 1.807) is 6.07 Å². The number of benzene rings is 2. The number of aromatic nitrogens is 2. The molecule has 0 aliphatic carbocycles. The van der Waals surface area contributed by atoms with Crippen molar-refractivity contribution in [1.29, 1.82) is 0 Å². The number of fused-ring (bicyclic) bond motifs is 1. The highest BCUT2D eigenvalue weighted by Gasteiger charge is 2.09. The van der Waals surface area contributed by atoms with Crippen molar-refractivity contribution in [2.45, 2.75) is 13.3 Å².